The first kappa shape index (κ1) is 27.2. The fourth-order valence-corrected chi connectivity index (χ4v) is 5.17. The van der Waals surface area contributed by atoms with Crippen LogP contribution in [0, 0.1) is 22.7 Å². The number of hydrogen-bond acceptors (Lipinski definition) is 7. The minimum Gasteiger partial charge on any atom is -0.485 e. The molecule has 1 aliphatic heterocycles. The molecule has 0 unspecified atom stereocenters. The van der Waals surface area contributed by atoms with Gasteiger partial charge in [-0.15, -0.1) is 0 Å². The molecule has 1 heterocycles. The van der Waals surface area contributed by atoms with Crippen molar-refractivity contribution in [1.29, 1.82) is 10.5 Å². The van der Waals surface area contributed by atoms with E-state index < -0.39 is 81.1 Å². The molecule has 3 rings (SSSR count). The SMILES string of the molecule is N#Cc1ccc(O[C@H]2CN(S(=O)(=O)c3ccc(C(F)(F)F)cc3C#N)C[C@@]2(O)CO)c(C(F)(F)F)c1. The fourth-order valence-electron chi connectivity index (χ4n) is 3.54. The van der Waals surface area contributed by atoms with Crippen molar-refractivity contribution in [2.24, 2.45) is 0 Å². The Morgan fingerprint density at radius 3 is 2.25 bits per heavy atom. The van der Waals surface area contributed by atoms with Crippen LogP contribution < -0.4 is 4.74 Å². The van der Waals surface area contributed by atoms with Gasteiger partial charge in [-0.1, -0.05) is 0 Å². The van der Waals surface area contributed by atoms with Crippen LogP contribution >= 0.6 is 0 Å². The summed E-state index contributed by atoms with van der Waals surface area (Å²) in [6.45, 7) is -2.87. The van der Waals surface area contributed by atoms with Crippen molar-refractivity contribution in [3.8, 4) is 17.9 Å². The van der Waals surface area contributed by atoms with Gasteiger partial charge in [0.15, 0.2) is 0 Å². The van der Waals surface area contributed by atoms with Crippen LogP contribution in [0.25, 0.3) is 0 Å². The third-order valence-corrected chi connectivity index (χ3v) is 7.29. The first-order chi connectivity index (χ1) is 16.6. The summed E-state index contributed by atoms with van der Waals surface area (Å²) in [5.74, 6) is -0.857. The number of aliphatic hydroxyl groups excluding tert-OH is 1. The topological polar surface area (TPSA) is 135 Å². The van der Waals surface area contributed by atoms with Crippen LogP contribution in [0.5, 0.6) is 5.75 Å². The average molecular weight is 535 g/mol. The predicted molar refractivity (Wildman–Crippen MR) is 108 cm³/mol. The molecule has 192 valence electrons. The molecule has 0 radical (unpaired) electrons. The predicted octanol–water partition coefficient (Wildman–Crippen LogP) is 2.64. The highest BCUT2D eigenvalue weighted by Gasteiger charge is 2.52. The molecule has 0 bridgehead atoms. The molecule has 1 aliphatic rings. The summed E-state index contributed by atoms with van der Waals surface area (Å²) in [5, 5.41) is 38.5. The maximum atomic E-state index is 13.5. The van der Waals surface area contributed by atoms with E-state index in [1.807, 2.05) is 0 Å². The molecule has 36 heavy (non-hydrogen) atoms. The molecule has 8 nitrogen and oxygen atoms in total. The van der Waals surface area contributed by atoms with Crippen LogP contribution in [-0.2, 0) is 22.4 Å². The van der Waals surface area contributed by atoms with E-state index in [4.69, 9.17) is 10.00 Å². The molecule has 1 fully saturated rings. The number of ether oxygens (including phenoxy) is 1. The molecular weight excluding hydrogens is 520 g/mol. The number of benzene rings is 2. The van der Waals surface area contributed by atoms with Crippen molar-refractivity contribution < 1.29 is 49.7 Å². The molecule has 2 aromatic carbocycles. The Bertz CT molecular complexity index is 1360. The molecule has 15 heteroatoms. The minimum atomic E-state index is -4.99. The molecule has 2 aromatic rings. The average Bonchev–Trinajstić information content (AvgIpc) is 3.15. The quantitative estimate of drug-likeness (QED) is 0.562. The highest BCUT2D eigenvalue weighted by Crippen LogP contribution is 2.40. The standard InChI is InChI=1S/C21H15F6N3O5S/c22-20(23,24)14-2-4-17(13(6-14)8-29)36(33,34)30-9-18(19(32,10-30)11-31)35-16-3-1-12(7-28)5-15(16)21(25,26)27/h1-6,18,31-32H,9-11H2/t18-,19+/m0/s1. The molecule has 0 aromatic heterocycles. The van der Waals surface area contributed by atoms with Gasteiger partial charge in [-0.05, 0) is 36.4 Å². The maximum absolute atomic E-state index is 13.5. The number of nitrogens with zero attached hydrogens (tertiary/aromatic N) is 3. The highest BCUT2D eigenvalue weighted by molar-refractivity contribution is 7.89. The first-order valence-corrected chi connectivity index (χ1v) is 11.2. The van der Waals surface area contributed by atoms with Gasteiger partial charge in [-0.3, -0.25) is 0 Å². The lowest BCUT2D eigenvalue weighted by Gasteiger charge is -2.28. The molecule has 1 saturated heterocycles. The Morgan fingerprint density at radius 1 is 1.06 bits per heavy atom. The number of alkyl halides is 6. The Labute approximate surface area is 200 Å². The van der Waals surface area contributed by atoms with Crippen LogP contribution in [0.3, 0.4) is 0 Å². The number of aliphatic hydroxyl groups is 2. The van der Waals surface area contributed by atoms with Crippen molar-refractivity contribution in [1.82, 2.24) is 4.31 Å². The van der Waals surface area contributed by atoms with E-state index in [0.29, 0.717) is 28.6 Å². The van der Waals surface area contributed by atoms with Gasteiger partial charge in [-0.2, -0.15) is 41.2 Å². The molecule has 2 atom stereocenters. The van der Waals surface area contributed by atoms with E-state index in [-0.39, 0.29) is 5.56 Å². The van der Waals surface area contributed by atoms with Crippen LogP contribution in [-0.4, -0.2) is 54.3 Å². The number of nitriles is 2. The third kappa shape index (κ3) is 5.10. The highest BCUT2D eigenvalue weighted by atomic mass is 32.2. The Kier molecular flexibility index (Phi) is 7.00. The van der Waals surface area contributed by atoms with Gasteiger partial charge >= 0.3 is 12.4 Å². The Morgan fingerprint density at radius 2 is 1.72 bits per heavy atom. The number of rotatable bonds is 5. The second-order valence-electron chi connectivity index (χ2n) is 7.81. The maximum Gasteiger partial charge on any atom is 0.420 e. The van der Waals surface area contributed by atoms with Crippen LogP contribution in [0.1, 0.15) is 22.3 Å². The van der Waals surface area contributed by atoms with Gasteiger partial charge in [0.1, 0.15) is 23.5 Å². The van der Waals surface area contributed by atoms with E-state index in [0.717, 1.165) is 12.1 Å². The van der Waals surface area contributed by atoms with Crippen molar-refractivity contribution in [2.45, 2.75) is 29.0 Å². The number of halogens is 6. The smallest absolute Gasteiger partial charge is 0.420 e. The van der Waals surface area contributed by atoms with Crippen LogP contribution in [0.4, 0.5) is 26.3 Å². The lowest BCUT2D eigenvalue weighted by Crippen LogP contribution is -2.48. The minimum absolute atomic E-state index is 0.321. The van der Waals surface area contributed by atoms with Crippen molar-refractivity contribution >= 4 is 10.0 Å². The third-order valence-electron chi connectivity index (χ3n) is 5.42. The monoisotopic (exact) mass is 535 g/mol. The Hall–Kier alpha value is -3.37. The second kappa shape index (κ2) is 9.25. The number of hydrogen-bond donors (Lipinski definition) is 2. The van der Waals surface area contributed by atoms with Crippen molar-refractivity contribution in [3.63, 3.8) is 0 Å². The summed E-state index contributed by atoms with van der Waals surface area (Å²) < 4.78 is 111. The lowest BCUT2D eigenvalue weighted by atomic mass is 10.0. The largest absolute Gasteiger partial charge is 0.485 e. The van der Waals surface area contributed by atoms with E-state index >= 15 is 0 Å². The lowest BCUT2D eigenvalue weighted by molar-refractivity contribution is -0.140. The zero-order valence-corrected chi connectivity index (χ0v) is 18.6. The van der Waals surface area contributed by atoms with Crippen LogP contribution in [0.2, 0.25) is 0 Å². The van der Waals surface area contributed by atoms with E-state index in [1.165, 1.54) is 12.1 Å². The van der Waals surface area contributed by atoms with E-state index in [2.05, 4.69) is 0 Å². The second-order valence-corrected chi connectivity index (χ2v) is 9.71. The zero-order chi connectivity index (χ0) is 27.1. The molecular formula is C21H15F6N3O5S. The summed E-state index contributed by atoms with van der Waals surface area (Å²) in [4.78, 5) is -0.840. The number of sulfonamides is 1. The van der Waals surface area contributed by atoms with E-state index in [1.54, 1.807) is 0 Å². The molecule has 2 N–H and O–H groups in total. The summed E-state index contributed by atoms with van der Waals surface area (Å²) in [6.07, 6.45) is -11.6. The summed E-state index contributed by atoms with van der Waals surface area (Å²) in [5.41, 5.74) is -6.30. The van der Waals surface area contributed by atoms with Crippen molar-refractivity contribution in [2.75, 3.05) is 19.7 Å². The summed E-state index contributed by atoms with van der Waals surface area (Å²) in [7, 11) is -4.77. The van der Waals surface area contributed by atoms with Crippen LogP contribution in [0.15, 0.2) is 41.3 Å². The zero-order valence-electron chi connectivity index (χ0n) is 17.8. The molecule has 0 saturated carbocycles. The summed E-state index contributed by atoms with van der Waals surface area (Å²) >= 11 is 0. The first-order valence-electron chi connectivity index (χ1n) is 9.79. The van der Waals surface area contributed by atoms with Gasteiger partial charge < -0.3 is 14.9 Å². The summed E-state index contributed by atoms with van der Waals surface area (Å²) in [6, 6.07) is 6.46. The Balaban J connectivity index is 2.00. The van der Waals surface area contributed by atoms with Crippen molar-refractivity contribution in [3.05, 3.63) is 58.7 Å². The van der Waals surface area contributed by atoms with Gasteiger partial charge in [0, 0.05) is 6.54 Å². The van der Waals surface area contributed by atoms with Gasteiger partial charge in [0.25, 0.3) is 0 Å². The number of β-amino-alcohol motifs (C(OH)–C–C–N with tert-alkyl or cyclic N) is 1. The molecule has 0 spiro atoms. The van der Waals surface area contributed by atoms with Gasteiger partial charge in [0.05, 0.1) is 46.4 Å². The molecule has 0 aliphatic carbocycles. The van der Waals surface area contributed by atoms with Gasteiger partial charge in [0.2, 0.25) is 10.0 Å². The van der Waals surface area contributed by atoms with Gasteiger partial charge in [-0.25, -0.2) is 8.42 Å². The van der Waals surface area contributed by atoms with E-state index in [9.17, 15) is 50.2 Å². The molecule has 0 amide bonds. The fraction of sp³-hybridized carbons (Fsp3) is 0.333. The normalized spacial score (nSPS) is 21.1.